The van der Waals surface area contributed by atoms with E-state index in [0.29, 0.717) is 43.7 Å². The zero-order valence-corrected chi connectivity index (χ0v) is 22.5. The fourth-order valence-corrected chi connectivity index (χ4v) is 6.09. The molecule has 1 fully saturated rings. The summed E-state index contributed by atoms with van der Waals surface area (Å²) in [6.07, 6.45) is 7.55. The number of carbonyl (C=O) groups is 1. The second-order valence-corrected chi connectivity index (χ2v) is 10.5. The third kappa shape index (κ3) is 4.38. The van der Waals surface area contributed by atoms with E-state index < -0.39 is 5.91 Å². The molecule has 2 aliphatic rings. The number of rotatable bonds is 5. The molecule has 0 atom stereocenters. The predicted octanol–water partition coefficient (Wildman–Crippen LogP) is 3.81. The molecule has 208 valence electrons. The van der Waals surface area contributed by atoms with Crippen molar-refractivity contribution in [2.24, 2.45) is 0 Å². The number of aromatic nitrogens is 6. The largest absolute Gasteiger partial charge is 0.382 e. The van der Waals surface area contributed by atoms with Crippen molar-refractivity contribution in [2.45, 2.75) is 44.6 Å². The summed E-state index contributed by atoms with van der Waals surface area (Å²) in [5.41, 5.74) is 11.2. The Bertz CT molecular complexity index is 1800. The van der Waals surface area contributed by atoms with Crippen LogP contribution in [0.3, 0.4) is 0 Å². The highest BCUT2D eigenvalue weighted by atomic mass is 16.5. The Kier molecular flexibility index (Phi) is 6.35. The van der Waals surface area contributed by atoms with Crippen LogP contribution < -0.4 is 16.6 Å². The summed E-state index contributed by atoms with van der Waals surface area (Å²) in [5, 5.41) is 7.35. The highest BCUT2D eigenvalue weighted by molar-refractivity contribution is 6.04. The fraction of sp³-hybridized carbons (Fsp3) is 0.300. The Morgan fingerprint density at radius 3 is 2.66 bits per heavy atom. The van der Waals surface area contributed by atoms with Gasteiger partial charge >= 0.3 is 0 Å². The van der Waals surface area contributed by atoms with Crippen LogP contribution in [-0.2, 0) is 17.7 Å². The molecule has 1 amide bonds. The quantitative estimate of drug-likeness (QED) is 0.340. The summed E-state index contributed by atoms with van der Waals surface area (Å²) in [6.45, 7) is 2.12. The van der Waals surface area contributed by atoms with E-state index in [-0.39, 0.29) is 11.1 Å². The first kappa shape index (κ1) is 25.2. The Hall–Kier alpha value is -4.77. The number of fused-ring (bicyclic) bond motifs is 2. The van der Waals surface area contributed by atoms with Crippen molar-refractivity contribution >= 4 is 23.1 Å². The first-order valence-corrected chi connectivity index (χ1v) is 14.0. The van der Waals surface area contributed by atoms with Crippen molar-refractivity contribution in [1.82, 2.24) is 28.9 Å². The van der Waals surface area contributed by atoms with Crippen molar-refractivity contribution in [3.63, 3.8) is 0 Å². The molecule has 11 nitrogen and oxygen atoms in total. The molecule has 2 aliphatic heterocycles. The van der Waals surface area contributed by atoms with Crippen LogP contribution in [0.4, 0.5) is 11.6 Å². The van der Waals surface area contributed by atoms with E-state index in [0.717, 1.165) is 59.4 Å². The maximum atomic E-state index is 13.5. The highest BCUT2D eigenvalue weighted by Crippen LogP contribution is 2.36. The summed E-state index contributed by atoms with van der Waals surface area (Å²) in [4.78, 5) is 35.8. The molecule has 1 saturated heterocycles. The molecule has 5 aromatic rings. The molecule has 0 spiro atoms. The van der Waals surface area contributed by atoms with Crippen molar-refractivity contribution in [1.29, 1.82) is 0 Å². The highest BCUT2D eigenvalue weighted by Gasteiger charge is 2.28. The van der Waals surface area contributed by atoms with Crippen LogP contribution in [0.25, 0.3) is 22.3 Å². The molecule has 0 saturated carbocycles. The summed E-state index contributed by atoms with van der Waals surface area (Å²) in [7, 11) is 0. The summed E-state index contributed by atoms with van der Waals surface area (Å²) >= 11 is 0. The number of amides is 1. The predicted molar refractivity (Wildman–Crippen MR) is 154 cm³/mol. The Morgan fingerprint density at radius 1 is 1.05 bits per heavy atom. The molecular formula is C30H30N8O3. The first-order chi connectivity index (χ1) is 20.1. The smallest absolute Gasteiger partial charge is 0.284 e. The van der Waals surface area contributed by atoms with Crippen molar-refractivity contribution in [3.8, 4) is 16.8 Å². The average Bonchev–Trinajstić information content (AvgIpc) is 3.54. The number of para-hydroxylation sites is 1. The standard InChI is InChI=1S/C30H30N8O3/c31-28-27-22(16-24(37(27)34-18-33-28)19-11-14-41-15-12-19)20-9-10-25(32-17-20)35-29(39)26-23-8-4-5-13-36(23)38(30(26)40)21-6-2-1-3-7-21/h1-3,6-7,9-10,16-19H,4-5,8,11-15H2,(H2,31,33,34)(H,32,35,39). The lowest BCUT2D eigenvalue weighted by Crippen LogP contribution is -2.26. The number of nitrogens with two attached hydrogens (primary N) is 1. The molecular weight excluding hydrogens is 520 g/mol. The zero-order chi connectivity index (χ0) is 27.9. The van der Waals surface area contributed by atoms with Gasteiger partial charge in [0.05, 0.1) is 11.4 Å². The van der Waals surface area contributed by atoms with E-state index in [4.69, 9.17) is 10.5 Å². The third-order valence-corrected chi connectivity index (χ3v) is 8.08. The lowest BCUT2D eigenvalue weighted by Gasteiger charge is -2.21. The van der Waals surface area contributed by atoms with Gasteiger partial charge in [-0.1, -0.05) is 18.2 Å². The van der Waals surface area contributed by atoms with Crippen LogP contribution >= 0.6 is 0 Å². The average molecular weight is 551 g/mol. The number of nitrogen functional groups attached to an aromatic ring is 1. The van der Waals surface area contributed by atoms with Crippen LogP contribution in [-0.4, -0.2) is 48.1 Å². The van der Waals surface area contributed by atoms with Gasteiger partial charge in [0.1, 0.15) is 23.2 Å². The number of pyridine rings is 1. The number of carbonyl (C=O) groups excluding carboxylic acids is 1. The van der Waals surface area contributed by atoms with Gasteiger partial charge in [-0.25, -0.2) is 19.2 Å². The van der Waals surface area contributed by atoms with Gasteiger partial charge in [-0.05, 0) is 62.4 Å². The summed E-state index contributed by atoms with van der Waals surface area (Å²) in [6, 6.07) is 15.2. The molecule has 4 aromatic heterocycles. The summed E-state index contributed by atoms with van der Waals surface area (Å²) in [5.74, 6) is 0.597. The van der Waals surface area contributed by atoms with Crippen molar-refractivity contribution in [2.75, 3.05) is 24.3 Å². The molecule has 0 bridgehead atoms. The van der Waals surface area contributed by atoms with Gasteiger partial charge in [0, 0.05) is 48.7 Å². The molecule has 1 aromatic carbocycles. The number of ether oxygens (including phenoxy) is 1. The van der Waals surface area contributed by atoms with Gasteiger partial charge in [0.25, 0.3) is 11.5 Å². The second-order valence-electron chi connectivity index (χ2n) is 10.5. The minimum absolute atomic E-state index is 0.170. The molecule has 7 rings (SSSR count). The maximum absolute atomic E-state index is 13.5. The Labute approximate surface area is 235 Å². The second kappa shape index (κ2) is 10.3. The van der Waals surface area contributed by atoms with Crippen LogP contribution in [0.2, 0.25) is 0 Å². The molecule has 0 radical (unpaired) electrons. The van der Waals surface area contributed by atoms with Crippen LogP contribution in [0.15, 0.2) is 65.8 Å². The van der Waals surface area contributed by atoms with Gasteiger partial charge in [0.15, 0.2) is 5.82 Å². The number of nitrogens with zero attached hydrogens (tertiary/aromatic N) is 6. The van der Waals surface area contributed by atoms with Crippen LogP contribution in [0, 0.1) is 0 Å². The van der Waals surface area contributed by atoms with E-state index in [1.54, 1.807) is 16.9 Å². The number of benzene rings is 1. The minimum Gasteiger partial charge on any atom is -0.382 e. The minimum atomic E-state index is -0.454. The normalized spacial score (nSPS) is 15.6. The number of anilines is 2. The van der Waals surface area contributed by atoms with Gasteiger partial charge in [-0.2, -0.15) is 5.10 Å². The van der Waals surface area contributed by atoms with Gasteiger partial charge < -0.3 is 15.8 Å². The van der Waals surface area contributed by atoms with Gasteiger partial charge in [0.2, 0.25) is 0 Å². The fourth-order valence-electron chi connectivity index (χ4n) is 6.09. The first-order valence-electron chi connectivity index (χ1n) is 14.0. The SMILES string of the molecule is Nc1ncnn2c(C3CCOCC3)cc(-c3ccc(NC(=O)c4c5n(n(-c6ccccc6)c4=O)CCCC5)nc3)c12. The van der Waals surface area contributed by atoms with Crippen molar-refractivity contribution in [3.05, 3.63) is 88.4 Å². The van der Waals surface area contributed by atoms with E-state index >= 15 is 0 Å². The molecule has 11 heteroatoms. The molecule has 3 N–H and O–H groups in total. The monoisotopic (exact) mass is 550 g/mol. The van der Waals surface area contributed by atoms with Gasteiger partial charge in [-0.3, -0.25) is 14.3 Å². The lowest BCUT2D eigenvalue weighted by molar-refractivity contribution is 0.0841. The van der Waals surface area contributed by atoms with E-state index in [2.05, 4.69) is 26.4 Å². The number of hydrogen-bond acceptors (Lipinski definition) is 7. The van der Waals surface area contributed by atoms with Crippen molar-refractivity contribution < 1.29 is 9.53 Å². The number of nitrogens with one attached hydrogen (secondary N) is 1. The zero-order valence-electron chi connectivity index (χ0n) is 22.5. The van der Waals surface area contributed by atoms with Crippen LogP contribution in [0.5, 0.6) is 0 Å². The van der Waals surface area contributed by atoms with Crippen LogP contribution in [0.1, 0.15) is 53.3 Å². The topological polar surface area (TPSA) is 134 Å². The Balaban J connectivity index is 1.20. The Morgan fingerprint density at radius 2 is 1.88 bits per heavy atom. The maximum Gasteiger partial charge on any atom is 0.284 e. The summed E-state index contributed by atoms with van der Waals surface area (Å²) < 4.78 is 11.0. The number of hydrogen-bond donors (Lipinski definition) is 2. The van der Waals surface area contributed by atoms with E-state index in [1.165, 1.54) is 6.33 Å². The van der Waals surface area contributed by atoms with Gasteiger partial charge in [-0.15, -0.1) is 0 Å². The molecule has 6 heterocycles. The van der Waals surface area contributed by atoms with E-state index in [9.17, 15) is 9.59 Å². The lowest BCUT2D eigenvalue weighted by atomic mass is 9.96. The molecule has 41 heavy (non-hydrogen) atoms. The van der Waals surface area contributed by atoms with E-state index in [1.807, 2.05) is 45.6 Å². The third-order valence-electron chi connectivity index (χ3n) is 8.08. The molecule has 0 aliphatic carbocycles. The molecule has 0 unspecified atom stereocenters.